The van der Waals surface area contributed by atoms with Crippen molar-refractivity contribution >= 4 is 22.7 Å². The smallest absolute Gasteiger partial charge is 0.255 e. The third kappa shape index (κ3) is 4.85. The Hall–Kier alpha value is -4.58. The molecule has 0 spiro atoms. The highest BCUT2D eigenvalue weighted by atomic mass is 19.1. The van der Waals surface area contributed by atoms with E-state index in [1.807, 2.05) is 74.5 Å². The van der Waals surface area contributed by atoms with Gasteiger partial charge in [0.1, 0.15) is 17.2 Å². The monoisotopic (exact) mass is 506 g/mol. The summed E-state index contributed by atoms with van der Waals surface area (Å²) < 4.78 is 19.6. The summed E-state index contributed by atoms with van der Waals surface area (Å²) in [5.74, 6) is -0.277. The maximum absolute atomic E-state index is 13.5. The number of rotatable bonds is 7. The first-order valence-electron chi connectivity index (χ1n) is 12.4. The lowest BCUT2D eigenvalue weighted by molar-refractivity contribution is 0.0951. The molecule has 6 heteroatoms. The normalized spacial score (nSPS) is 11.5. The molecule has 3 aromatic carbocycles. The van der Waals surface area contributed by atoms with E-state index in [9.17, 15) is 14.0 Å². The van der Waals surface area contributed by atoms with Crippen molar-refractivity contribution < 1.29 is 18.4 Å². The molecule has 190 valence electrons. The average molecular weight is 507 g/mol. The number of hydrogen-bond donors (Lipinski definition) is 1. The van der Waals surface area contributed by atoms with Crippen LogP contribution in [0, 0.1) is 5.82 Å². The number of ketones is 1. The molecule has 2 heterocycles. The van der Waals surface area contributed by atoms with E-state index in [4.69, 9.17) is 4.42 Å². The summed E-state index contributed by atoms with van der Waals surface area (Å²) in [4.78, 5) is 30.6. The van der Waals surface area contributed by atoms with Gasteiger partial charge in [-0.25, -0.2) is 4.39 Å². The molecule has 0 fully saturated rings. The highest BCUT2D eigenvalue weighted by Crippen LogP contribution is 2.36. The largest absolute Gasteiger partial charge is 0.455 e. The Kier molecular flexibility index (Phi) is 6.64. The number of nitrogens with one attached hydrogen (secondary N) is 1. The minimum atomic E-state index is -0.413. The summed E-state index contributed by atoms with van der Waals surface area (Å²) in [6.07, 6.45) is 2.05. The highest BCUT2D eigenvalue weighted by Gasteiger charge is 2.26. The van der Waals surface area contributed by atoms with Gasteiger partial charge in [-0.1, -0.05) is 44.2 Å². The zero-order valence-electron chi connectivity index (χ0n) is 21.4. The number of halogens is 1. The maximum Gasteiger partial charge on any atom is 0.255 e. The molecule has 0 saturated heterocycles. The lowest BCUT2D eigenvalue weighted by Crippen LogP contribution is -2.23. The van der Waals surface area contributed by atoms with Gasteiger partial charge in [0, 0.05) is 47.3 Å². The molecule has 5 nitrogen and oxygen atoms in total. The Bertz CT molecular complexity index is 1640. The third-order valence-electron chi connectivity index (χ3n) is 6.73. The minimum Gasteiger partial charge on any atom is -0.455 e. The number of furan rings is 1. The van der Waals surface area contributed by atoms with Crippen LogP contribution in [0.25, 0.3) is 33.4 Å². The zero-order chi connectivity index (χ0) is 26.9. The third-order valence-corrected chi connectivity index (χ3v) is 6.73. The van der Waals surface area contributed by atoms with Crippen LogP contribution in [0.15, 0.2) is 95.5 Å². The van der Waals surface area contributed by atoms with Gasteiger partial charge >= 0.3 is 0 Å². The standard InChI is InChI=1S/C32H27FN2O3/c1-32(2,28-9-4-5-16-35-28)19-26(36)23-8-6-7-21(17-23)22-12-15-27-25(18-22)29(31(37)34-3)30(38-27)20-10-13-24(33)14-11-20/h4-18H,19H2,1-3H3,(H,34,37). The van der Waals surface area contributed by atoms with Crippen molar-refractivity contribution in [1.29, 1.82) is 0 Å². The number of carbonyl (C=O) groups excluding carboxylic acids is 2. The summed E-state index contributed by atoms with van der Waals surface area (Å²) in [5, 5.41) is 3.31. The van der Waals surface area contributed by atoms with E-state index in [1.165, 1.54) is 12.1 Å². The number of pyridine rings is 1. The summed E-state index contributed by atoms with van der Waals surface area (Å²) in [6, 6.07) is 24.6. The van der Waals surface area contributed by atoms with Crippen LogP contribution < -0.4 is 5.32 Å². The van der Waals surface area contributed by atoms with E-state index in [-0.39, 0.29) is 17.5 Å². The van der Waals surface area contributed by atoms with Gasteiger partial charge in [0.15, 0.2) is 5.78 Å². The molecule has 0 aliphatic carbocycles. The van der Waals surface area contributed by atoms with Gasteiger partial charge in [0.2, 0.25) is 0 Å². The van der Waals surface area contributed by atoms with Crippen molar-refractivity contribution in [3.63, 3.8) is 0 Å². The lowest BCUT2D eigenvalue weighted by Gasteiger charge is -2.23. The van der Waals surface area contributed by atoms with Gasteiger partial charge in [-0.15, -0.1) is 0 Å². The molecule has 1 N–H and O–H groups in total. The number of hydrogen-bond acceptors (Lipinski definition) is 4. The van der Waals surface area contributed by atoms with Gasteiger partial charge in [0.25, 0.3) is 5.91 Å². The number of nitrogens with zero attached hydrogens (tertiary/aromatic N) is 1. The van der Waals surface area contributed by atoms with Crippen LogP contribution in [0.3, 0.4) is 0 Å². The fourth-order valence-electron chi connectivity index (χ4n) is 4.66. The number of aromatic nitrogens is 1. The molecule has 38 heavy (non-hydrogen) atoms. The number of Topliss-reactive ketones (excluding diaryl/α,β-unsaturated/α-hetero) is 1. The van der Waals surface area contributed by atoms with Gasteiger partial charge in [-0.3, -0.25) is 14.6 Å². The number of amides is 1. The van der Waals surface area contributed by atoms with Gasteiger partial charge in [-0.05, 0) is 65.7 Å². The second-order valence-electron chi connectivity index (χ2n) is 9.88. The predicted molar refractivity (Wildman–Crippen MR) is 147 cm³/mol. The van der Waals surface area contributed by atoms with E-state index in [1.54, 1.807) is 25.4 Å². The quantitative estimate of drug-likeness (QED) is 0.237. The highest BCUT2D eigenvalue weighted by molar-refractivity contribution is 6.12. The molecule has 5 rings (SSSR count). The van der Waals surface area contributed by atoms with Gasteiger partial charge in [0.05, 0.1) is 5.56 Å². The van der Waals surface area contributed by atoms with Crippen molar-refractivity contribution in [3.8, 4) is 22.5 Å². The number of benzene rings is 3. The summed E-state index contributed by atoms with van der Waals surface area (Å²) in [5.41, 5.74) is 4.27. The molecule has 0 saturated carbocycles. The van der Waals surface area contributed by atoms with Crippen molar-refractivity contribution in [2.75, 3.05) is 7.05 Å². The fourth-order valence-corrected chi connectivity index (χ4v) is 4.66. The summed E-state index contributed by atoms with van der Waals surface area (Å²) in [7, 11) is 1.56. The molecule has 0 bridgehead atoms. The molecule has 0 unspecified atom stereocenters. The maximum atomic E-state index is 13.5. The molecule has 2 aromatic heterocycles. The van der Waals surface area contributed by atoms with E-state index in [0.29, 0.717) is 39.8 Å². The van der Waals surface area contributed by atoms with E-state index < -0.39 is 5.41 Å². The Morgan fingerprint density at radius 2 is 1.63 bits per heavy atom. The first kappa shape index (κ1) is 25.1. The molecule has 5 aromatic rings. The Morgan fingerprint density at radius 1 is 0.895 bits per heavy atom. The van der Waals surface area contributed by atoms with Crippen molar-refractivity contribution in [1.82, 2.24) is 10.3 Å². The van der Waals surface area contributed by atoms with Crippen LogP contribution in [0.1, 0.15) is 46.7 Å². The number of carbonyl (C=O) groups is 2. The van der Waals surface area contributed by atoms with Crippen LogP contribution in [0.2, 0.25) is 0 Å². The van der Waals surface area contributed by atoms with Crippen LogP contribution in [-0.4, -0.2) is 23.7 Å². The second-order valence-corrected chi connectivity index (χ2v) is 9.88. The van der Waals surface area contributed by atoms with Crippen molar-refractivity contribution in [2.24, 2.45) is 0 Å². The molecule has 0 aliphatic heterocycles. The molecule has 0 radical (unpaired) electrons. The molecule has 0 atom stereocenters. The van der Waals surface area contributed by atoms with Crippen LogP contribution >= 0.6 is 0 Å². The Morgan fingerprint density at radius 3 is 2.34 bits per heavy atom. The van der Waals surface area contributed by atoms with Crippen molar-refractivity contribution in [3.05, 3.63) is 114 Å². The van der Waals surface area contributed by atoms with Gasteiger partial charge in [-0.2, -0.15) is 0 Å². The Balaban J connectivity index is 1.52. The van der Waals surface area contributed by atoms with Crippen molar-refractivity contribution in [2.45, 2.75) is 25.7 Å². The first-order chi connectivity index (χ1) is 18.3. The zero-order valence-corrected chi connectivity index (χ0v) is 21.4. The number of fused-ring (bicyclic) bond motifs is 1. The fraction of sp³-hybridized carbons (Fsp3) is 0.156. The van der Waals surface area contributed by atoms with Crippen LogP contribution in [-0.2, 0) is 5.41 Å². The molecular formula is C32H27FN2O3. The first-order valence-corrected chi connectivity index (χ1v) is 12.4. The molecule has 0 aliphatic rings. The molecule has 1 amide bonds. The van der Waals surface area contributed by atoms with E-state index >= 15 is 0 Å². The summed E-state index contributed by atoms with van der Waals surface area (Å²) in [6.45, 7) is 4.03. The average Bonchev–Trinajstić information content (AvgIpc) is 3.32. The van der Waals surface area contributed by atoms with E-state index in [2.05, 4.69) is 10.3 Å². The predicted octanol–water partition coefficient (Wildman–Crippen LogP) is 7.21. The SMILES string of the molecule is CNC(=O)c1c(-c2ccc(F)cc2)oc2ccc(-c3cccc(C(=O)CC(C)(C)c4ccccn4)c3)cc12. The second kappa shape index (κ2) is 10.1. The van der Waals surface area contributed by atoms with E-state index in [0.717, 1.165) is 16.8 Å². The van der Waals surface area contributed by atoms with Crippen LogP contribution in [0.4, 0.5) is 4.39 Å². The van der Waals surface area contributed by atoms with Gasteiger partial charge < -0.3 is 9.73 Å². The summed E-state index contributed by atoms with van der Waals surface area (Å²) >= 11 is 0. The Labute approximate surface area is 220 Å². The van der Waals surface area contributed by atoms with Crippen LogP contribution in [0.5, 0.6) is 0 Å². The topological polar surface area (TPSA) is 72.2 Å². The molecular weight excluding hydrogens is 479 g/mol. The minimum absolute atomic E-state index is 0.0246. The lowest BCUT2D eigenvalue weighted by atomic mass is 9.82.